The lowest BCUT2D eigenvalue weighted by Gasteiger charge is -2.63. The van der Waals surface area contributed by atoms with Crippen LogP contribution in [-0.2, 0) is 33.3 Å². The van der Waals surface area contributed by atoms with Crippen molar-refractivity contribution in [2.45, 2.75) is 155 Å². The summed E-state index contributed by atoms with van der Waals surface area (Å²) in [7, 11) is 0. The third kappa shape index (κ3) is 4.89. The number of hydrogen-bond acceptors (Lipinski definition) is 10. The summed E-state index contributed by atoms with van der Waals surface area (Å²) in [6, 6.07) is 0. The van der Waals surface area contributed by atoms with Crippen LogP contribution in [0, 0.1) is 50.7 Å². The number of ether oxygens (including phenoxy) is 4. The summed E-state index contributed by atoms with van der Waals surface area (Å²) in [6.07, 6.45) is 3.28. The van der Waals surface area contributed by atoms with Gasteiger partial charge in [-0.2, -0.15) is 0 Å². The van der Waals surface area contributed by atoms with Gasteiger partial charge in [-0.15, -0.1) is 0 Å². The molecule has 10 heteroatoms. The molecule has 15 atom stereocenters. The van der Waals surface area contributed by atoms with E-state index in [-0.39, 0.29) is 51.6 Å². The van der Waals surface area contributed by atoms with E-state index in [1.54, 1.807) is 13.8 Å². The molecule has 10 nitrogen and oxygen atoms in total. The molecular formula is C37H58O10. The molecule has 0 bridgehead atoms. The number of rotatable bonds is 10. The first-order valence-corrected chi connectivity index (χ1v) is 17.9. The molecule has 1 heterocycles. The predicted octanol–water partition coefficient (Wildman–Crippen LogP) is 3.99. The van der Waals surface area contributed by atoms with Gasteiger partial charge in [-0.1, -0.05) is 34.6 Å². The van der Waals surface area contributed by atoms with Gasteiger partial charge in [0.05, 0.1) is 30.0 Å². The highest BCUT2D eigenvalue weighted by Gasteiger charge is 2.84. The molecule has 6 fully saturated rings. The summed E-state index contributed by atoms with van der Waals surface area (Å²) in [5.41, 5.74) is -1.80. The van der Waals surface area contributed by atoms with Crippen LogP contribution in [0.5, 0.6) is 0 Å². The summed E-state index contributed by atoms with van der Waals surface area (Å²) < 4.78 is 24.2. The first-order valence-electron chi connectivity index (χ1n) is 17.9. The van der Waals surface area contributed by atoms with E-state index in [2.05, 4.69) is 34.6 Å². The lowest BCUT2D eigenvalue weighted by Crippen LogP contribution is -2.60. The SMILES string of the molecule is CC(=O)O[C@@H]([C@H]1C[C@@H](C)[C@H]2[C@H](O1)[C@H](O)[C@@]1(C)[C@@H]3CC[C@H]4C(C)(C)[C@@H](O[C@H](OCC=O)[C@H](O)C=O)CC[C@@]45C[C@@]35CC[C@]21C)C(C)(C)O. The zero-order chi connectivity index (χ0) is 34.5. The van der Waals surface area contributed by atoms with Crippen LogP contribution in [0.4, 0.5) is 0 Å². The van der Waals surface area contributed by atoms with Gasteiger partial charge in [-0.3, -0.25) is 4.79 Å². The molecule has 5 aliphatic carbocycles. The molecule has 5 saturated carbocycles. The second kappa shape index (κ2) is 11.6. The third-order valence-corrected chi connectivity index (χ3v) is 15.1. The first kappa shape index (κ1) is 35.4. The first-order chi connectivity index (χ1) is 21.9. The maximum absolute atomic E-state index is 12.5. The Balaban J connectivity index is 1.27. The molecule has 6 aliphatic rings. The molecule has 0 radical (unpaired) electrons. The summed E-state index contributed by atoms with van der Waals surface area (Å²) in [5.74, 6) is 0.597. The number of aliphatic hydroxyl groups excluding tert-OH is 2. The number of hydrogen-bond donors (Lipinski definition) is 3. The van der Waals surface area contributed by atoms with Crippen molar-refractivity contribution < 1.29 is 48.7 Å². The molecule has 1 saturated heterocycles. The minimum Gasteiger partial charge on any atom is -0.457 e. The summed E-state index contributed by atoms with van der Waals surface area (Å²) in [6.45, 7) is 15.8. The minimum atomic E-state index is -1.47. The van der Waals surface area contributed by atoms with E-state index in [0.717, 1.165) is 44.9 Å². The van der Waals surface area contributed by atoms with Crippen LogP contribution in [-0.4, -0.2) is 89.0 Å². The molecule has 6 rings (SSSR count). The van der Waals surface area contributed by atoms with E-state index in [1.165, 1.54) is 6.92 Å². The van der Waals surface area contributed by atoms with Crippen molar-refractivity contribution >= 4 is 18.5 Å². The summed E-state index contributed by atoms with van der Waals surface area (Å²) >= 11 is 0. The van der Waals surface area contributed by atoms with E-state index >= 15 is 0 Å². The van der Waals surface area contributed by atoms with Crippen LogP contribution in [0.3, 0.4) is 0 Å². The maximum atomic E-state index is 12.5. The van der Waals surface area contributed by atoms with Gasteiger partial charge in [0.25, 0.3) is 0 Å². The number of aliphatic hydroxyl groups is 3. The van der Waals surface area contributed by atoms with Crippen LogP contribution in [0.1, 0.15) is 107 Å². The number of aldehydes is 2. The van der Waals surface area contributed by atoms with Gasteiger partial charge >= 0.3 is 5.97 Å². The molecular weight excluding hydrogens is 604 g/mol. The maximum Gasteiger partial charge on any atom is 0.303 e. The van der Waals surface area contributed by atoms with Gasteiger partial charge in [0.1, 0.15) is 12.9 Å². The Kier molecular flexibility index (Phi) is 8.70. The van der Waals surface area contributed by atoms with Crippen LogP contribution in [0.15, 0.2) is 0 Å². The molecule has 0 amide bonds. The Morgan fingerprint density at radius 2 is 1.70 bits per heavy atom. The zero-order valence-corrected chi connectivity index (χ0v) is 29.6. The molecule has 266 valence electrons. The van der Waals surface area contributed by atoms with Gasteiger partial charge in [0.15, 0.2) is 24.8 Å². The van der Waals surface area contributed by atoms with Crippen molar-refractivity contribution in [2.24, 2.45) is 50.7 Å². The van der Waals surface area contributed by atoms with Crippen LogP contribution < -0.4 is 0 Å². The van der Waals surface area contributed by atoms with Crippen LogP contribution in [0.25, 0.3) is 0 Å². The molecule has 1 aliphatic heterocycles. The average molecular weight is 663 g/mol. The Bertz CT molecular complexity index is 1250. The molecule has 47 heavy (non-hydrogen) atoms. The van der Waals surface area contributed by atoms with E-state index in [9.17, 15) is 29.7 Å². The summed E-state index contributed by atoms with van der Waals surface area (Å²) in [4.78, 5) is 34.5. The largest absolute Gasteiger partial charge is 0.457 e. The Hall–Kier alpha value is -1.43. The van der Waals surface area contributed by atoms with E-state index in [1.807, 2.05) is 0 Å². The Labute approximate surface area is 279 Å². The van der Waals surface area contributed by atoms with Gasteiger partial charge in [-0.25, -0.2) is 0 Å². The number of fused-ring (bicyclic) bond motifs is 4. The lowest BCUT2D eigenvalue weighted by atomic mass is 9.41. The molecule has 3 N–H and O–H groups in total. The second-order valence-electron chi connectivity index (χ2n) is 17.9. The number of carbonyl (C=O) groups excluding carboxylic acids is 3. The molecule has 0 aromatic carbocycles. The third-order valence-electron chi connectivity index (χ3n) is 15.1. The monoisotopic (exact) mass is 662 g/mol. The van der Waals surface area contributed by atoms with Crippen LogP contribution in [0.2, 0.25) is 0 Å². The fourth-order valence-corrected chi connectivity index (χ4v) is 13.2. The van der Waals surface area contributed by atoms with E-state index in [4.69, 9.17) is 18.9 Å². The zero-order valence-electron chi connectivity index (χ0n) is 29.6. The Morgan fingerprint density at radius 1 is 1.04 bits per heavy atom. The summed E-state index contributed by atoms with van der Waals surface area (Å²) in [5, 5.41) is 33.8. The molecule has 0 aromatic heterocycles. The number of carbonyl (C=O) groups is 3. The fourth-order valence-electron chi connectivity index (χ4n) is 13.2. The van der Waals surface area contributed by atoms with Crippen molar-refractivity contribution in [1.29, 1.82) is 0 Å². The lowest BCUT2D eigenvalue weighted by molar-refractivity contribution is -0.251. The topological polar surface area (TPSA) is 149 Å². The van der Waals surface area contributed by atoms with Gasteiger partial charge < -0.3 is 43.9 Å². The van der Waals surface area contributed by atoms with Gasteiger partial charge in [0, 0.05) is 12.3 Å². The van der Waals surface area contributed by atoms with E-state index < -0.39 is 48.4 Å². The van der Waals surface area contributed by atoms with Crippen molar-refractivity contribution in [3.8, 4) is 0 Å². The fraction of sp³-hybridized carbons (Fsp3) is 0.919. The average Bonchev–Trinajstić information content (AvgIpc) is 3.62. The smallest absolute Gasteiger partial charge is 0.303 e. The second-order valence-corrected chi connectivity index (χ2v) is 17.9. The van der Waals surface area contributed by atoms with Gasteiger partial charge in [-0.05, 0) is 111 Å². The standard InChI is InChI=1S/C37H58O10/c1-20-17-23(30(33(5,6)43)45-21(2)40)46-28-27(20)34(7)13-14-37-19-36(37)12-11-26(47-31(22(41)18-39)44-16-15-38)32(3,4)24(36)9-10-25(37)35(34,8)29(28)42/h15,18,20,22-31,41-43H,9-14,16-17,19H2,1-8H3/t20-,22-,23-,24+,25+,26+,27+,28+,29+,30+,31+,34-,35-,36-,37+/m1/s1. The molecule has 0 unspecified atom stereocenters. The molecule has 0 aromatic rings. The number of esters is 1. The highest BCUT2D eigenvalue weighted by molar-refractivity contribution is 5.66. The highest BCUT2D eigenvalue weighted by Crippen LogP contribution is 2.89. The van der Waals surface area contributed by atoms with Crippen molar-refractivity contribution in [3.63, 3.8) is 0 Å². The van der Waals surface area contributed by atoms with Crippen molar-refractivity contribution in [1.82, 2.24) is 0 Å². The molecule has 2 spiro atoms. The Morgan fingerprint density at radius 3 is 2.32 bits per heavy atom. The van der Waals surface area contributed by atoms with E-state index in [0.29, 0.717) is 30.8 Å². The normalized spacial score (nSPS) is 48.3. The van der Waals surface area contributed by atoms with Gasteiger partial charge in [0.2, 0.25) is 0 Å². The van der Waals surface area contributed by atoms with Crippen LogP contribution >= 0.6 is 0 Å². The van der Waals surface area contributed by atoms with Crippen molar-refractivity contribution in [2.75, 3.05) is 6.61 Å². The predicted molar refractivity (Wildman–Crippen MR) is 171 cm³/mol. The van der Waals surface area contributed by atoms with Crippen molar-refractivity contribution in [3.05, 3.63) is 0 Å². The minimum absolute atomic E-state index is 0.118. The quantitative estimate of drug-likeness (QED) is 0.178. The highest BCUT2D eigenvalue weighted by atomic mass is 16.7.